The van der Waals surface area contributed by atoms with E-state index in [1.54, 1.807) is 0 Å². The molecule has 5 heteroatoms. The maximum absolute atomic E-state index is 12.1. The van der Waals surface area contributed by atoms with Crippen molar-refractivity contribution in [3.63, 3.8) is 0 Å². The molecule has 13 heavy (non-hydrogen) atoms. The van der Waals surface area contributed by atoms with Gasteiger partial charge in [-0.3, -0.25) is 0 Å². The van der Waals surface area contributed by atoms with Gasteiger partial charge in [-0.05, 0) is 0 Å². The van der Waals surface area contributed by atoms with Gasteiger partial charge in [-0.2, -0.15) is 0 Å². The molecule has 0 unspecified atom stereocenters. The van der Waals surface area contributed by atoms with Gasteiger partial charge in [0, 0.05) is 11.1 Å². The fraction of sp³-hybridized carbons (Fsp3) is 0.125. The summed E-state index contributed by atoms with van der Waals surface area (Å²) in [6.07, 6.45) is -2.50. The third kappa shape index (κ3) is 2.39. The summed E-state index contributed by atoms with van der Waals surface area (Å²) in [4.78, 5) is 0. The summed E-state index contributed by atoms with van der Waals surface area (Å²) in [7, 11) is 0. The van der Waals surface area contributed by atoms with Gasteiger partial charge in [-0.15, -0.1) is 0 Å². The van der Waals surface area contributed by atoms with E-state index in [9.17, 15) is 8.78 Å². The molecule has 0 aromatic heterocycles. The van der Waals surface area contributed by atoms with Gasteiger partial charge < -0.3 is 5.21 Å². The summed E-state index contributed by atoms with van der Waals surface area (Å²) in [6.45, 7) is 0. The van der Waals surface area contributed by atoms with Crippen LogP contribution in [0.25, 0.3) is 0 Å². The smallest absolute Gasteiger partial charge is 0.263 e. The number of halogens is 3. The fourth-order valence-electron chi connectivity index (χ4n) is 0.824. The number of nitrogens with zero attached hydrogens (tertiary/aromatic N) is 1. The third-order valence-electron chi connectivity index (χ3n) is 1.49. The molecule has 2 nitrogen and oxygen atoms in total. The molecule has 0 spiro atoms. The highest BCUT2D eigenvalue weighted by atomic mass is 35.5. The van der Waals surface area contributed by atoms with E-state index in [0.717, 1.165) is 0 Å². The highest BCUT2D eigenvalue weighted by molar-refractivity contribution is 6.69. The number of alkyl halides is 2. The first-order valence-electron chi connectivity index (χ1n) is 3.41. The topological polar surface area (TPSA) is 32.6 Å². The van der Waals surface area contributed by atoms with Gasteiger partial charge in [0.25, 0.3) is 6.43 Å². The van der Waals surface area contributed by atoms with Gasteiger partial charge >= 0.3 is 0 Å². The molecule has 0 heterocycles. The van der Waals surface area contributed by atoms with E-state index >= 15 is 0 Å². The number of benzene rings is 1. The highest BCUT2D eigenvalue weighted by Crippen LogP contribution is 2.19. The Bertz CT molecular complexity index is 310. The largest absolute Gasteiger partial charge is 0.410 e. The molecule has 0 saturated heterocycles. The molecule has 0 fully saturated rings. The molecule has 0 atom stereocenters. The van der Waals surface area contributed by atoms with E-state index in [4.69, 9.17) is 16.8 Å². The summed E-state index contributed by atoms with van der Waals surface area (Å²) >= 11 is 5.44. The van der Waals surface area contributed by atoms with Crippen LogP contribution in [-0.4, -0.2) is 10.4 Å². The van der Waals surface area contributed by atoms with Gasteiger partial charge in [0.2, 0.25) is 0 Å². The Morgan fingerprint density at radius 3 is 2.23 bits per heavy atom. The van der Waals surface area contributed by atoms with E-state index in [2.05, 4.69) is 5.16 Å². The first-order valence-corrected chi connectivity index (χ1v) is 3.79. The monoisotopic (exact) mass is 205 g/mol. The summed E-state index contributed by atoms with van der Waals surface area (Å²) in [6, 6.07) is 5.19. The molecule has 0 saturated carbocycles. The lowest BCUT2D eigenvalue weighted by atomic mass is 10.1. The third-order valence-corrected chi connectivity index (χ3v) is 1.78. The van der Waals surface area contributed by atoms with E-state index in [1.807, 2.05) is 0 Å². The zero-order valence-electron chi connectivity index (χ0n) is 6.42. The molecule has 0 bridgehead atoms. The lowest BCUT2D eigenvalue weighted by molar-refractivity contribution is 0.151. The summed E-state index contributed by atoms with van der Waals surface area (Å²) in [5, 5.41) is 10.9. The minimum atomic E-state index is -2.50. The Morgan fingerprint density at radius 1 is 1.31 bits per heavy atom. The van der Waals surface area contributed by atoms with E-state index in [0.29, 0.717) is 5.56 Å². The predicted molar refractivity (Wildman–Crippen MR) is 45.6 cm³/mol. The van der Waals surface area contributed by atoms with Crippen LogP contribution in [0.15, 0.2) is 29.4 Å². The molecule has 0 radical (unpaired) electrons. The van der Waals surface area contributed by atoms with Crippen LogP contribution in [0.2, 0.25) is 0 Å². The number of rotatable bonds is 2. The van der Waals surface area contributed by atoms with Crippen molar-refractivity contribution in [2.45, 2.75) is 6.43 Å². The lowest BCUT2D eigenvalue weighted by Crippen LogP contribution is -1.92. The van der Waals surface area contributed by atoms with Gasteiger partial charge in [0.05, 0.1) is 0 Å². The maximum Gasteiger partial charge on any atom is 0.263 e. The van der Waals surface area contributed by atoms with Crippen molar-refractivity contribution >= 4 is 16.8 Å². The van der Waals surface area contributed by atoms with Crippen LogP contribution >= 0.6 is 11.6 Å². The SMILES string of the molecule is O/N=C(/Cl)c1ccc(C(F)F)cc1. The van der Waals surface area contributed by atoms with Crippen LogP contribution in [-0.2, 0) is 0 Å². The maximum atomic E-state index is 12.1. The van der Waals surface area contributed by atoms with Crippen molar-refractivity contribution in [3.8, 4) is 0 Å². The molecule has 1 aromatic rings. The quantitative estimate of drug-likeness (QED) is 0.449. The fourth-order valence-corrected chi connectivity index (χ4v) is 0.950. The average Bonchev–Trinajstić information content (AvgIpc) is 2.17. The van der Waals surface area contributed by atoms with Crippen LogP contribution in [0.5, 0.6) is 0 Å². The van der Waals surface area contributed by atoms with Crippen molar-refractivity contribution in [2.75, 3.05) is 0 Å². The van der Waals surface area contributed by atoms with Crippen molar-refractivity contribution in [1.29, 1.82) is 0 Å². The van der Waals surface area contributed by atoms with Crippen LogP contribution < -0.4 is 0 Å². The molecule has 70 valence electrons. The standard InChI is InChI=1S/C8H6ClF2NO/c9-7(12-13)5-1-3-6(4-2-5)8(10)11/h1-4,8,13H/b12-7+. The normalized spacial score (nSPS) is 12.2. The number of hydrogen-bond acceptors (Lipinski definition) is 2. The van der Waals surface area contributed by atoms with Crippen LogP contribution in [0.3, 0.4) is 0 Å². The molecule has 0 aliphatic rings. The van der Waals surface area contributed by atoms with Crippen molar-refractivity contribution in [2.24, 2.45) is 5.16 Å². The zero-order valence-corrected chi connectivity index (χ0v) is 7.17. The van der Waals surface area contributed by atoms with E-state index in [1.165, 1.54) is 24.3 Å². The Hall–Kier alpha value is -1.16. The van der Waals surface area contributed by atoms with Crippen LogP contribution in [0, 0.1) is 0 Å². The summed E-state index contributed by atoms with van der Waals surface area (Å²) in [5.41, 5.74) is 0.305. The van der Waals surface area contributed by atoms with Gasteiger partial charge in [-0.25, -0.2) is 8.78 Å². The van der Waals surface area contributed by atoms with Crippen LogP contribution in [0.1, 0.15) is 17.6 Å². The second kappa shape index (κ2) is 4.18. The molecule has 1 rings (SSSR count). The molecular weight excluding hydrogens is 200 g/mol. The number of oxime groups is 1. The average molecular weight is 206 g/mol. The Kier molecular flexibility index (Phi) is 3.19. The number of hydrogen-bond donors (Lipinski definition) is 1. The van der Waals surface area contributed by atoms with Gasteiger partial charge in [0.15, 0.2) is 5.17 Å². The lowest BCUT2D eigenvalue weighted by Gasteiger charge is -2.00. The molecule has 1 N–H and O–H groups in total. The molecule has 0 amide bonds. The van der Waals surface area contributed by atoms with Crippen molar-refractivity contribution in [1.82, 2.24) is 0 Å². The van der Waals surface area contributed by atoms with Crippen LogP contribution in [0.4, 0.5) is 8.78 Å². The summed E-state index contributed by atoms with van der Waals surface area (Å²) < 4.78 is 24.1. The zero-order chi connectivity index (χ0) is 9.84. The van der Waals surface area contributed by atoms with E-state index in [-0.39, 0.29) is 10.7 Å². The Morgan fingerprint density at radius 2 is 1.85 bits per heavy atom. The van der Waals surface area contributed by atoms with Gasteiger partial charge in [-0.1, -0.05) is 41.0 Å². The second-order valence-electron chi connectivity index (χ2n) is 2.31. The molecular formula is C8H6ClF2NO. The summed E-state index contributed by atoms with van der Waals surface area (Å²) in [5.74, 6) is 0. The minimum Gasteiger partial charge on any atom is -0.410 e. The first kappa shape index (κ1) is 9.92. The Balaban J connectivity index is 2.94. The predicted octanol–water partition coefficient (Wildman–Crippen LogP) is 3.00. The van der Waals surface area contributed by atoms with Crippen molar-refractivity contribution < 1.29 is 14.0 Å². The molecule has 1 aromatic carbocycles. The van der Waals surface area contributed by atoms with Crippen molar-refractivity contribution in [3.05, 3.63) is 35.4 Å². The molecule has 0 aliphatic heterocycles. The van der Waals surface area contributed by atoms with Gasteiger partial charge in [0.1, 0.15) is 0 Å². The second-order valence-corrected chi connectivity index (χ2v) is 2.67. The molecule has 0 aliphatic carbocycles. The highest BCUT2D eigenvalue weighted by Gasteiger charge is 2.07. The first-order chi connectivity index (χ1) is 6.15. The minimum absolute atomic E-state index is 0.0915. The Labute approximate surface area is 78.4 Å². The van der Waals surface area contributed by atoms with E-state index < -0.39 is 6.43 Å².